The van der Waals surface area contributed by atoms with Gasteiger partial charge in [0.15, 0.2) is 6.61 Å². The molecule has 1 amide bonds. The summed E-state index contributed by atoms with van der Waals surface area (Å²) < 4.78 is 5.82. The first-order valence-corrected chi connectivity index (χ1v) is 14.1. The molecular formula is C32H48N2O4. The standard InChI is InChI=1S/C28H40N2O4.C4H8/c1-21(2)18-30(19-22(3)4)28(32)20-34-29-25-12-10-8-6-7-9-11-15-33-23(5)27-14-13-26(31)17-24(27)16-25;1-4-2-3-4/h7,9-10,12-14,17,21-22,31H,5-6,8,11,15-16,18-20H2,1-4H3;4H,2-3H2,1H3/b9-7+,12-10+,29-25-;. The maximum absolute atomic E-state index is 12.8. The van der Waals surface area contributed by atoms with Gasteiger partial charge < -0.3 is 19.6 Å². The lowest BCUT2D eigenvalue weighted by Crippen LogP contribution is -2.39. The Labute approximate surface area is 230 Å². The molecule has 0 bridgehead atoms. The lowest BCUT2D eigenvalue weighted by atomic mass is 10.00. The summed E-state index contributed by atoms with van der Waals surface area (Å²) in [5, 5.41) is 14.4. The highest BCUT2D eigenvalue weighted by atomic mass is 16.6. The number of fused-ring (bicyclic) bond motifs is 1. The van der Waals surface area contributed by atoms with E-state index in [4.69, 9.17) is 9.57 Å². The minimum absolute atomic E-state index is 0.0680. The van der Waals surface area contributed by atoms with Crippen molar-refractivity contribution in [1.29, 1.82) is 0 Å². The van der Waals surface area contributed by atoms with Gasteiger partial charge in [0.1, 0.15) is 11.5 Å². The summed E-state index contributed by atoms with van der Waals surface area (Å²) in [4.78, 5) is 20.1. The highest BCUT2D eigenvalue weighted by Crippen LogP contribution is 2.27. The number of nitrogens with zero attached hydrogens (tertiary/aromatic N) is 2. The fourth-order valence-corrected chi connectivity index (χ4v) is 3.88. The van der Waals surface area contributed by atoms with Gasteiger partial charge in [-0.25, -0.2) is 0 Å². The number of phenolic OH excluding ortho intramolecular Hbond substituents is 1. The number of hydrogen-bond donors (Lipinski definition) is 1. The summed E-state index contributed by atoms with van der Waals surface area (Å²) in [6.07, 6.45) is 14.2. The van der Waals surface area contributed by atoms with E-state index in [1.165, 1.54) is 12.8 Å². The number of benzene rings is 1. The van der Waals surface area contributed by atoms with E-state index in [0.29, 0.717) is 49.4 Å². The molecule has 210 valence electrons. The number of carbonyl (C=O) groups excluding carboxylic acids is 1. The molecule has 1 aromatic carbocycles. The van der Waals surface area contributed by atoms with Crippen LogP contribution in [0.3, 0.4) is 0 Å². The fourth-order valence-electron chi connectivity index (χ4n) is 3.88. The summed E-state index contributed by atoms with van der Waals surface area (Å²) >= 11 is 0. The summed E-state index contributed by atoms with van der Waals surface area (Å²) in [6.45, 7) is 16.6. The van der Waals surface area contributed by atoms with E-state index in [1.807, 2.05) is 11.0 Å². The Kier molecular flexibility index (Phi) is 13.7. The largest absolute Gasteiger partial charge is 0.508 e. The van der Waals surface area contributed by atoms with Crippen LogP contribution in [0.15, 0.2) is 54.2 Å². The van der Waals surface area contributed by atoms with E-state index in [1.54, 1.807) is 18.2 Å². The average Bonchev–Trinajstić information content (AvgIpc) is 3.63. The minimum atomic E-state index is -0.109. The van der Waals surface area contributed by atoms with Crippen molar-refractivity contribution in [3.05, 3.63) is 60.2 Å². The van der Waals surface area contributed by atoms with Gasteiger partial charge in [0.05, 0.1) is 12.3 Å². The summed E-state index contributed by atoms with van der Waals surface area (Å²) in [7, 11) is 0. The molecule has 1 aliphatic heterocycles. The second-order valence-corrected chi connectivity index (χ2v) is 11.2. The maximum atomic E-state index is 12.8. The first kappa shape index (κ1) is 31.2. The van der Waals surface area contributed by atoms with Crippen LogP contribution in [0.2, 0.25) is 0 Å². The molecule has 0 atom stereocenters. The second kappa shape index (κ2) is 16.7. The average molecular weight is 525 g/mol. The number of rotatable bonds is 7. The molecule has 0 radical (unpaired) electrons. The molecule has 1 fully saturated rings. The molecular weight excluding hydrogens is 476 g/mol. The van der Waals surface area contributed by atoms with Gasteiger partial charge in [-0.2, -0.15) is 0 Å². The third-order valence-electron chi connectivity index (χ3n) is 6.06. The van der Waals surface area contributed by atoms with Crippen molar-refractivity contribution < 1.29 is 19.5 Å². The predicted octanol–water partition coefficient (Wildman–Crippen LogP) is 7.15. The number of allylic oxidation sites excluding steroid dienone is 3. The molecule has 0 aromatic heterocycles. The third-order valence-corrected chi connectivity index (χ3v) is 6.06. The number of aromatic hydroxyl groups is 1. The van der Waals surface area contributed by atoms with E-state index in [-0.39, 0.29) is 18.3 Å². The zero-order valence-electron chi connectivity index (χ0n) is 24.1. The lowest BCUT2D eigenvalue weighted by Gasteiger charge is -2.25. The molecule has 6 heteroatoms. The van der Waals surface area contributed by atoms with Crippen molar-refractivity contribution in [2.75, 3.05) is 26.3 Å². The SMILES string of the molecule is C=C1OCC/C=C/CC/C=C/C(=N/OCC(=O)N(CC(C)C)CC(C)C)Cc2cc(O)ccc21.CC1CC1. The Bertz CT molecular complexity index is 964. The zero-order valence-corrected chi connectivity index (χ0v) is 24.1. The van der Waals surface area contributed by atoms with Gasteiger partial charge in [0, 0.05) is 25.1 Å². The third kappa shape index (κ3) is 13.0. The van der Waals surface area contributed by atoms with Crippen LogP contribution in [-0.4, -0.2) is 47.9 Å². The Morgan fingerprint density at radius 1 is 1.11 bits per heavy atom. The second-order valence-electron chi connectivity index (χ2n) is 11.2. The molecule has 38 heavy (non-hydrogen) atoms. The van der Waals surface area contributed by atoms with Gasteiger partial charge in [-0.15, -0.1) is 0 Å². The van der Waals surface area contributed by atoms with Crippen LogP contribution in [0.25, 0.3) is 5.76 Å². The predicted molar refractivity (Wildman–Crippen MR) is 157 cm³/mol. The first-order chi connectivity index (χ1) is 18.2. The Hall–Kier alpha value is -3.02. The zero-order chi connectivity index (χ0) is 27.9. The number of hydrogen-bond acceptors (Lipinski definition) is 5. The molecule has 0 saturated heterocycles. The molecule has 3 rings (SSSR count). The Morgan fingerprint density at radius 3 is 2.37 bits per heavy atom. The van der Waals surface area contributed by atoms with Crippen LogP contribution >= 0.6 is 0 Å². The number of amides is 1. The summed E-state index contributed by atoms with van der Waals surface area (Å²) in [5.74, 6) is 2.49. The van der Waals surface area contributed by atoms with Crippen LogP contribution in [-0.2, 0) is 20.8 Å². The van der Waals surface area contributed by atoms with Gasteiger partial charge in [-0.1, -0.05) is 77.4 Å². The number of phenols is 1. The van der Waals surface area contributed by atoms with Gasteiger partial charge >= 0.3 is 0 Å². The van der Waals surface area contributed by atoms with Crippen molar-refractivity contribution in [3.8, 4) is 5.75 Å². The van der Waals surface area contributed by atoms with E-state index >= 15 is 0 Å². The number of oxime groups is 1. The monoisotopic (exact) mass is 524 g/mol. The lowest BCUT2D eigenvalue weighted by molar-refractivity contribution is -0.137. The van der Waals surface area contributed by atoms with Crippen molar-refractivity contribution in [1.82, 2.24) is 4.90 Å². The van der Waals surface area contributed by atoms with Crippen LogP contribution in [0.1, 0.15) is 77.8 Å². The summed E-state index contributed by atoms with van der Waals surface area (Å²) in [5.41, 5.74) is 2.31. The van der Waals surface area contributed by atoms with Crippen molar-refractivity contribution in [2.45, 2.75) is 73.1 Å². The van der Waals surface area contributed by atoms with Crippen LogP contribution in [0, 0.1) is 17.8 Å². The van der Waals surface area contributed by atoms with Crippen LogP contribution < -0.4 is 0 Å². The topological polar surface area (TPSA) is 71.4 Å². The van der Waals surface area contributed by atoms with Crippen molar-refractivity contribution >= 4 is 17.4 Å². The Morgan fingerprint density at radius 2 is 1.74 bits per heavy atom. The van der Waals surface area contributed by atoms with E-state index in [9.17, 15) is 9.90 Å². The molecule has 1 aliphatic carbocycles. The molecule has 2 aliphatic rings. The van der Waals surface area contributed by atoms with Gasteiger partial charge in [-0.05, 0) is 66.9 Å². The maximum Gasteiger partial charge on any atom is 0.263 e. The van der Waals surface area contributed by atoms with Gasteiger partial charge in [0.25, 0.3) is 5.91 Å². The minimum Gasteiger partial charge on any atom is -0.508 e. The van der Waals surface area contributed by atoms with E-state index in [2.05, 4.69) is 64.6 Å². The Balaban J connectivity index is 0.00000115. The molecule has 0 unspecified atom stereocenters. The highest BCUT2D eigenvalue weighted by molar-refractivity contribution is 5.96. The number of carbonyl (C=O) groups is 1. The summed E-state index contributed by atoms with van der Waals surface area (Å²) in [6, 6.07) is 5.11. The first-order valence-electron chi connectivity index (χ1n) is 14.1. The normalized spacial score (nSPS) is 19.0. The molecule has 1 saturated carbocycles. The van der Waals surface area contributed by atoms with Gasteiger partial charge in [-0.3, -0.25) is 4.79 Å². The molecule has 0 spiro atoms. The van der Waals surface area contributed by atoms with Crippen molar-refractivity contribution in [2.24, 2.45) is 22.9 Å². The molecule has 6 nitrogen and oxygen atoms in total. The van der Waals surface area contributed by atoms with Crippen LogP contribution in [0.4, 0.5) is 0 Å². The van der Waals surface area contributed by atoms with Crippen molar-refractivity contribution in [3.63, 3.8) is 0 Å². The smallest absolute Gasteiger partial charge is 0.263 e. The number of ether oxygens (including phenoxy) is 1. The molecule has 1 heterocycles. The van der Waals surface area contributed by atoms with E-state index < -0.39 is 0 Å². The van der Waals surface area contributed by atoms with Crippen LogP contribution in [0.5, 0.6) is 5.75 Å². The fraction of sp³-hybridized carbons (Fsp3) is 0.562. The van der Waals surface area contributed by atoms with Gasteiger partial charge in [0.2, 0.25) is 0 Å². The quantitative estimate of drug-likeness (QED) is 0.304. The molecule has 1 aromatic rings. The van der Waals surface area contributed by atoms with E-state index in [0.717, 1.165) is 36.3 Å². The molecule has 1 N–H and O–H groups in total. The highest BCUT2D eigenvalue weighted by Gasteiger charge is 2.17.